The van der Waals surface area contributed by atoms with Gasteiger partial charge in [-0.25, -0.2) is 9.97 Å². The number of carbonyl (C=O) groups excluding carboxylic acids is 1. The van der Waals surface area contributed by atoms with Crippen LogP contribution in [0.2, 0.25) is 0 Å². The molecule has 2 rings (SSSR count). The Morgan fingerprint density at radius 3 is 2.94 bits per heavy atom. The lowest BCUT2D eigenvalue weighted by Crippen LogP contribution is -2.36. The summed E-state index contributed by atoms with van der Waals surface area (Å²) in [7, 11) is 0. The molecular weight excluding hydrogens is 208 g/mol. The van der Waals surface area contributed by atoms with Crippen LogP contribution in [0.25, 0.3) is 0 Å². The second kappa shape index (κ2) is 5.00. The van der Waals surface area contributed by atoms with Crippen LogP contribution in [0.4, 0.5) is 0 Å². The summed E-state index contributed by atoms with van der Waals surface area (Å²) >= 11 is 0. The molecule has 1 fully saturated rings. The van der Waals surface area contributed by atoms with Gasteiger partial charge in [-0.3, -0.25) is 9.69 Å². The van der Waals surface area contributed by atoms with Gasteiger partial charge in [0.1, 0.15) is 11.5 Å². The standard InChI is InChI=1S/C10H14N4O2/c11-10(15)8-1-2-12-9(13-8)7-14-3-5-16-6-4-14/h1-2H,3-7H2,(H2,11,15). The van der Waals surface area contributed by atoms with Crippen molar-refractivity contribution < 1.29 is 9.53 Å². The van der Waals surface area contributed by atoms with Crippen molar-refractivity contribution in [3.8, 4) is 0 Å². The third-order valence-corrected chi connectivity index (χ3v) is 2.43. The van der Waals surface area contributed by atoms with Crippen molar-refractivity contribution in [3.63, 3.8) is 0 Å². The van der Waals surface area contributed by atoms with Crippen LogP contribution in [0.1, 0.15) is 16.3 Å². The Labute approximate surface area is 93.4 Å². The van der Waals surface area contributed by atoms with Gasteiger partial charge < -0.3 is 10.5 Å². The maximum absolute atomic E-state index is 10.9. The molecule has 1 saturated heterocycles. The average Bonchev–Trinajstić information content (AvgIpc) is 2.30. The molecule has 16 heavy (non-hydrogen) atoms. The van der Waals surface area contributed by atoms with Crippen LogP contribution in [-0.4, -0.2) is 47.1 Å². The molecule has 6 nitrogen and oxygen atoms in total. The van der Waals surface area contributed by atoms with Crippen molar-refractivity contribution >= 4 is 5.91 Å². The van der Waals surface area contributed by atoms with Crippen molar-refractivity contribution in [2.24, 2.45) is 5.73 Å². The molecule has 0 atom stereocenters. The maximum atomic E-state index is 10.9. The summed E-state index contributed by atoms with van der Waals surface area (Å²) < 4.78 is 5.24. The van der Waals surface area contributed by atoms with Crippen LogP contribution in [0, 0.1) is 0 Å². The number of ether oxygens (including phenoxy) is 1. The number of carbonyl (C=O) groups is 1. The Morgan fingerprint density at radius 1 is 1.50 bits per heavy atom. The van der Waals surface area contributed by atoms with Crippen LogP contribution in [0.5, 0.6) is 0 Å². The highest BCUT2D eigenvalue weighted by atomic mass is 16.5. The smallest absolute Gasteiger partial charge is 0.267 e. The van der Waals surface area contributed by atoms with E-state index in [0.29, 0.717) is 12.4 Å². The zero-order chi connectivity index (χ0) is 11.4. The highest BCUT2D eigenvalue weighted by molar-refractivity contribution is 5.90. The molecule has 0 aromatic carbocycles. The van der Waals surface area contributed by atoms with Crippen molar-refractivity contribution in [1.82, 2.24) is 14.9 Å². The van der Waals surface area contributed by atoms with E-state index in [4.69, 9.17) is 10.5 Å². The third-order valence-electron chi connectivity index (χ3n) is 2.43. The van der Waals surface area contributed by atoms with Gasteiger partial charge in [0.05, 0.1) is 19.8 Å². The first-order chi connectivity index (χ1) is 7.75. The van der Waals surface area contributed by atoms with E-state index in [-0.39, 0.29) is 5.69 Å². The number of hydrogen-bond acceptors (Lipinski definition) is 5. The minimum absolute atomic E-state index is 0.262. The van der Waals surface area contributed by atoms with Crippen LogP contribution < -0.4 is 5.73 Å². The Bertz CT molecular complexity index is 377. The van der Waals surface area contributed by atoms with E-state index < -0.39 is 5.91 Å². The SMILES string of the molecule is NC(=O)c1ccnc(CN2CCOCC2)n1. The predicted octanol–water partition coefficient (Wildman–Crippen LogP) is -0.592. The molecule has 1 aromatic rings. The number of nitrogens with zero attached hydrogens (tertiary/aromatic N) is 3. The summed E-state index contributed by atoms with van der Waals surface area (Å²) in [5, 5.41) is 0. The Morgan fingerprint density at radius 2 is 2.25 bits per heavy atom. The molecule has 0 radical (unpaired) electrons. The largest absolute Gasteiger partial charge is 0.379 e. The van der Waals surface area contributed by atoms with E-state index >= 15 is 0 Å². The molecule has 1 aliphatic heterocycles. The fourth-order valence-corrected chi connectivity index (χ4v) is 1.57. The quantitative estimate of drug-likeness (QED) is 0.739. The summed E-state index contributed by atoms with van der Waals surface area (Å²) in [6, 6.07) is 1.52. The lowest BCUT2D eigenvalue weighted by atomic mass is 10.3. The van der Waals surface area contributed by atoms with Gasteiger partial charge in [-0.1, -0.05) is 0 Å². The van der Waals surface area contributed by atoms with Gasteiger partial charge in [0.2, 0.25) is 0 Å². The number of amides is 1. The van der Waals surface area contributed by atoms with Gasteiger partial charge in [0, 0.05) is 19.3 Å². The van der Waals surface area contributed by atoms with Gasteiger partial charge in [0.15, 0.2) is 0 Å². The first kappa shape index (κ1) is 11.0. The fourth-order valence-electron chi connectivity index (χ4n) is 1.57. The van der Waals surface area contributed by atoms with Crippen LogP contribution in [0.3, 0.4) is 0 Å². The lowest BCUT2D eigenvalue weighted by molar-refractivity contribution is 0.0330. The predicted molar refractivity (Wildman–Crippen MR) is 56.6 cm³/mol. The van der Waals surface area contributed by atoms with E-state index in [1.54, 1.807) is 6.20 Å². The summed E-state index contributed by atoms with van der Waals surface area (Å²) in [5.74, 6) is 0.101. The van der Waals surface area contributed by atoms with E-state index in [1.165, 1.54) is 6.07 Å². The van der Waals surface area contributed by atoms with Crippen molar-refractivity contribution in [3.05, 3.63) is 23.8 Å². The van der Waals surface area contributed by atoms with Gasteiger partial charge >= 0.3 is 0 Å². The van der Waals surface area contributed by atoms with Crippen LogP contribution in [-0.2, 0) is 11.3 Å². The number of morpholine rings is 1. The monoisotopic (exact) mass is 222 g/mol. The lowest BCUT2D eigenvalue weighted by Gasteiger charge is -2.25. The Hall–Kier alpha value is -1.53. The van der Waals surface area contributed by atoms with E-state index in [2.05, 4.69) is 14.9 Å². The highest BCUT2D eigenvalue weighted by Crippen LogP contribution is 2.03. The van der Waals surface area contributed by atoms with Gasteiger partial charge in [0.25, 0.3) is 5.91 Å². The van der Waals surface area contributed by atoms with Crippen molar-refractivity contribution in [2.75, 3.05) is 26.3 Å². The molecule has 0 spiro atoms. The van der Waals surface area contributed by atoms with Crippen molar-refractivity contribution in [2.45, 2.75) is 6.54 Å². The molecule has 1 aliphatic rings. The zero-order valence-electron chi connectivity index (χ0n) is 8.93. The van der Waals surface area contributed by atoms with Gasteiger partial charge in [-0.2, -0.15) is 0 Å². The minimum atomic E-state index is -0.523. The first-order valence-corrected chi connectivity index (χ1v) is 5.17. The number of nitrogens with two attached hydrogens (primary N) is 1. The number of primary amides is 1. The summed E-state index contributed by atoms with van der Waals surface area (Å²) in [6.07, 6.45) is 1.56. The molecule has 1 aromatic heterocycles. The normalized spacial score (nSPS) is 17.2. The molecule has 1 amide bonds. The summed E-state index contributed by atoms with van der Waals surface area (Å²) in [6.45, 7) is 3.82. The van der Waals surface area contributed by atoms with Crippen LogP contribution >= 0.6 is 0 Å². The van der Waals surface area contributed by atoms with E-state index in [9.17, 15) is 4.79 Å². The molecule has 0 aliphatic carbocycles. The second-order valence-corrected chi connectivity index (χ2v) is 3.61. The molecule has 86 valence electrons. The molecule has 0 bridgehead atoms. The highest BCUT2D eigenvalue weighted by Gasteiger charge is 2.12. The minimum Gasteiger partial charge on any atom is -0.379 e. The average molecular weight is 222 g/mol. The molecule has 0 unspecified atom stereocenters. The fraction of sp³-hybridized carbons (Fsp3) is 0.500. The van der Waals surface area contributed by atoms with Crippen LogP contribution in [0.15, 0.2) is 12.3 Å². The molecule has 2 heterocycles. The van der Waals surface area contributed by atoms with E-state index in [1.807, 2.05) is 0 Å². The summed E-state index contributed by atoms with van der Waals surface area (Å²) in [4.78, 5) is 21.3. The molecule has 0 saturated carbocycles. The third kappa shape index (κ3) is 2.74. The Kier molecular flexibility index (Phi) is 3.43. The van der Waals surface area contributed by atoms with Gasteiger partial charge in [-0.15, -0.1) is 0 Å². The molecular formula is C10H14N4O2. The topological polar surface area (TPSA) is 81.3 Å². The Balaban J connectivity index is 2.02. The molecule has 2 N–H and O–H groups in total. The number of aromatic nitrogens is 2. The molecule has 6 heteroatoms. The maximum Gasteiger partial charge on any atom is 0.267 e. The van der Waals surface area contributed by atoms with E-state index in [0.717, 1.165) is 26.3 Å². The summed E-state index contributed by atoms with van der Waals surface area (Å²) in [5.41, 5.74) is 5.42. The second-order valence-electron chi connectivity index (χ2n) is 3.61. The number of hydrogen-bond donors (Lipinski definition) is 1. The first-order valence-electron chi connectivity index (χ1n) is 5.17. The van der Waals surface area contributed by atoms with Gasteiger partial charge in [-0.05, 0) is 6.07 Å². The zero-order valence-corrected chi connectivity index (χ0v) is 8.93. The van der Waals surface area contributed by atoms with Crippen molar-refractivity contribution in [1.29, 1.82) is 0 Å². The number of rotatable bonds is 3.